The van der Waals surface area contributed by atoms with E-state index in [1.54, 1.807) is 0 Å². The third-order valence-corrected chi connectivity index (χ3v) is 1.62. The van der Waals surface area contributed by atoms with E-state index in [0.29, 0.717) is 0 Å². The molecule has 0 aliphatic carbocycles. The first-order chi connectivity index (χ1) is 6.02. The molecular weight excluding hydrogens is 198 g/mol. The summed E-state index contributed by atoms with van der Waals surface area (Å²) in [6.07, 6.45) is 0.997. The van der Waals surface area contributed by atoms with Crippen molar-refractivity contribution in [2.75, 3.05) is 0 Å². The number of aromatic nitrogens is 1. The van der Waals surface area contributed by atoms with Gasteiger partial charge in [0.25, 0.3) is 0 Å². The van der Waals surface area contributed by atoms with Crippen LogP contribution in [-0.2, 0) is 0 Å². The second-order valence-electron chi connectivity index (χ2n) is 2.17. The monoisotopic (exact) mass is 201 g/mol. The van der Waals surface area contributed by atoms with E-state index in [1.807, 2.05) is 0 Å². The minimum Gasteiger partial charge on any atom is -0.478 e. The van der Waals surface area contributed by atoms with Crippen LogP contribution in [0.4, 0.5) is 0 Å². The molecule has 1 aromatic rings. The van der Waals surface area contributed by atoms with Crippen LogP contribution in [0.25, 0.3) is 0 Å². The number of pyridine rings is 1. The summed E-state index contributed by atoms with van der Waals surface area (Å²) in [6.45, 7) is 0. The Morgan fingerprint density at radius 2 is 1.92 bits per heavy atom. The highest BCUT2D eigenvalue weighted by Gasteiger charge is 2.13. The molecular formula is C7H4ClNO4. The van der Waals surface area contributed by atoms with Gasteiger partial charge in [-0.15, -0.1) is 0 Å². The molecule has 2 N–H and O–H groups in total. The van der Waals surface area contributed by atoms with Crippen molar-refractivity contribution in [1.82, 2.24) is 4.98 Å². The fraction of sp³-hybridized carbons (Fsp3) is 0. The van der Waals surface area contributed by atoms with Crippen molar-refractivity contribution in [3.8, 4) is 0 Å². The van der Waals surface area contributed by atoms with E-state index < -0.39 is 11.9 Å². The number of hydrogen-bond acceptors (Lipinski definition) is 3. The molecule has 68 valence electrons. The molecule has 0 aromatic carbocycles. The van der Waals surface area contributed by atoms with Gasteiger partial charge in [-0.1, -0.05) is 11.6 Å². The van der Waals surface area contributed by atoms with Crippen molar-refractivity contribution in [3.63, 3.8) is 0 Å². The molecule has 0 aliphatic heterocycles. The predicted octanol–water partition coefficient (Wildman–Crippen LogP) is 1.13. The second-order valence-corrected chi connectivity index (χ2v) is 2.53. The highest BCUT2D eigenvalue weighted by Crippen LogP contribution is 2.14. The molecule has 0 saturated heterocycles. The Labute approximate surface area is 77.6 Å². The minimum absolute atomic E-state index is 0.207. The van der Waals surface area contributed by atoms with Crippen LogP contribution in [-0.4, -0.2) is 27.1 Å². The van der Waals surface area contributed by atoms with Gasteiger partial charge in [-0.25, -0.2) is 14.6 Å². The number of carbonyl (C=O) groups is 2. The zero-order chi connectivity index (χ0) is 10.0. The lowest BCUT2D eigenvalue weighted by Crippen LogP contribution is -2.04. The Morgan fingerprint density at radius 1 is 1.31 bits per heavy atom. The van der Waals surface area contributed by atoms with E-state index >= 15 is 0 Å². The van der Waals surface area contributed by atoms with Crippen LogP contribution in [0.1, 0.15) is 20.7 Å². The first-order valence-corrected chi connectivity index (χ1v) is 3.52. The Balaban J connectivity index is 3.27. The number of carboxylic acids is 2. The molecule has 6 heteroatoms. The third-order valence-electron chi connectivity index (χ3n) is 1.32. The van der Waals surface area contributed by atoms with Crippen molar-refractivity contribution >= 4 is 23.5 Å². The highest BCUT2D eigenvalue weighted by atomic mass is 35.5. The first-order valence-electron chi connectivity index (χ1n) is 3.14. The molecule has 1 rings (SSSR count). The Kier molecular flexibility index (Phi) is 2.48. The van der Waals surface area contributed by atoms with Crippen LogP contribution in [0.2, 0.25) is 5.15 Å². The van der Waals surface area contributed by atoms with Gasteiger partial charge in [0.05, 0.1) is 11.1 Å². The highest BCUT2D eigenvalue weighted by molar-refractivity contribution is 6.32. The molecule has 0 aliphatic rings. The predicted molar refractivity (Wildman–Crippen MR) is 43.2 cm³/mol. The summed E-state index contributed by atoms with van der Waals surface area (Å²) in [5, 5.41) is 16.8. The van der Waals surface area contributed by atoms with Gasteiger partial charge in [0.1, 0.15) is 5.15 Å². The van der Waals surface area contributed by atoms with E-state index in [4.69, 9.17) is 21.8 Å². The van der Waals surface area contributed by atoms with E-state index in [2.05, 4.69) is 4.98 Å². The van der Waals surface area contributed by atoms with Gasteiger partial charge in [0.2, 0.25) is 0 Å². The molecule has 0 bridgehead atoms. The summed E-state index contributed by atoms with van der Waals surface area (Å²) in [6, 6.07) is 0.958. The van der Waals surface area contributed by atoms with Crippen LogP contribution in [0.3, 0.4) is 0 Å². The normalized spacial score (nSPS) is 9.62. The average Bonchev–Trinajstić information content (AvgIpc) is 2.04. The van der Waals surface area contributed by atoms with Gasteiger partial charge in [-0.3, -0.25) is 0 Å². The number of hydrogen-bond donors (Lipinski definition) is 2. The lowest BCUT2D eigenvalue weighted by molar-refractivity contribution is 0.0696. The lowest BCUT2D eigenvalue weighted by Gasteiger charge is -1.98. The molecule has 1 aromatic heterocycles. The van der Waals surface area contributed by atoms with Crippen LogP contribution in [0, 0.1) is 0 Å². The lowest BCUT2D eigenvalue weighted by atomic mass is 10.2. The molecule has 0 radical (unpaired) electrons. The topological polar surface area (TPSA) is 87.5 Å². The van der Waals surface area contributed by atoms with Crippen LogP contribution < -0.4 is 0 Å². The number of carboxylic acid groups (broad SMARTS) is 2. The second kappa shape index (κ2) is 3.40. The van der Waals surface area contributed by atoms with E-state index in [-0.39, 0.29) is 16.3 Å². The summed E-state index contributed by atoms with van der Waals surface area (Å²) >= 11 is 5.41. The van der Waals surface area contributed by atoms with Gasteiger partial charge < -0.3 is 10.2 Å². The largest absolute Gasteiger partial charge is 0.478 e. The SMILES string of the molecule is O=C(O)c1cnc(Cl)c(C(=O)O)c1. The molecule has 1 heterocycles. The molecule has 0 spiro atoms. The van der Waals surface area contributed by atoms with Crippen molar-refractivity contribution in [3.05, 3.63) is 28.5 Å². The summed E-state index contributed by atoms with van der Waals surface area (Å²) in [4.78, 5) is 24.3. The number of halogens is 1. The Bertz CT molecular complexity index is 377. The third kappa shape index (κ3) is 1.94. The molecule has 5 nitrogen and oxygen atoms in total. The molecule has 0 fully saturated rings. The van der Waals surface area contributed by atoms with Gasteiger partial charge in [-0.2, -0.15) is 0 Å². The molecule has 0 amide bonds. The Morgan fingerprint density at radius 3 is 2.38 bits per heavy atom. The number of rotatable bonds is 2. The number of nitrogens with zero attached hydrogens (tertiary/aromatic N) is 1. The zero-order valence-electron chi connectivity index (χ0n) is 6.19. The van der Waals surface area contributed by atoms with Crippen molar-refractivity contribution in [2.24, 2.45) is 0 Å². The summed E-state index contributed by atoms with van der Waals surface area (Å²) in [5.41, 5.74) is -0.525. The summed E-state index contributed by atoms with van der Waals surface area (Å²) < 4.78 is 0. The quantitative estimate of drug-likeness (QED) is 0.701. The van der Waals surface area contributed by atoms with Gasteiger partial charge in [-0.05, 0) is 6.07 Å². The fourth-order valence-electron chi connectivity index (χ4n) is 0.715. The summed E-state index contributed by atoms with van der Waals surface area (Å²) in [7, 11) is 0. The van der Waals surface area contributed by atoms with Crippen LogP contribution >= 0.6 is 11.6 Å². The first kappa shape index (κ1) is 9.47. The van der Waals surface area contributed by atoms with Crippen LogP contribution in [0.5, 0.6) is 0 Å². The average molecular weight is 202 g/mol. The van der Waals surface area contributed by atoms with Gasteiger partial charge in [0, 0.05) is 6.20 Å². The van der Waals surface area contributed by atoms with Crippen molar-refractivity contribution in [1.29, 1.82) is 0 Å². The Hall–Kier alpha value is -1.62. The maximum atomic E-state index is 10.5. The fourth-order valence-corrected chi connectivity index (χ4v) is 0.899. The molecule has 13 heavy (non-hydrogen) atoms. The van der Waals surface area contributed by atoms with Crippen LogP contribution in [0.15, 0.2) is 12.3 Å². The van der Waals surface area contributed by atoms with Crippen molar-refractivity contribution in [2.45, 2.75) is 0 Å². The van der Waals surface area contributed by atoms with Gasteiger partial charge >= 0.3 is 11.9 Å². The van der Waals surface area contributed by atoms with Crippen molar-refractivity contribution < 1.29 is 19.8 Å². The maximum Gasteiger partial charge on any atom is 0.338 e. The molecule has 0 unspecified atom stereocenters. The standard InChI is InChI=1S/C7H4ClNO4/c8-5-4(7(12)13)1-3(2-9-5)6(10)11/h1-2H,(H,10,11)(H,12,13). The number of aromatic carboxylic acids is 2. The molecule has 0 atom stereocenters. The zero-order valence-corrected chi connectivity index (χ0v) is 6.95. The van der Waals surface area contributed by atoms with E-state index in [9.17, 15) is 9.59 Å². The summed E-state index contributed by atoms with van der Waals surface area (Å²) in [5.74, 6) is -2.55. The van der Waals surface area contributed by atoms with Gasteiger partial charge in [0.15, 0.2) is 0 Å². The van der Waals surface area contributed by atoms with E-state index in [1.165, 1.54) is 0 Å². The molecule has 0 saturated carbocycles. The minimum atomic E-state index is -1.30. The van der Waals surface area contributed by atoms with E-state index in [0.717, 1.165) is 12.3 Å². The smallest absolute Gasteiger partial charge is 0.338 e. The maximum absolute atomic E-state index is 10.5.